The molecule has 24 heavy (non-hydrogen) atoms. The number of hydrogen-bond donors (Lipinski definition) is 0. The zero-order chi connectivity index (χ0) is 16.9. The highest BCUT2D eigenvalue weighted by Gasteiger charge is 2.26. The summed E-state index contributed by atoms with van der Waals surface area (Å²) >= 11 is 1.81. The van der Waals surface area contributed by atoms with Gasteiger partial charge in [0.05, 0.1) is 18.2 Å². The molecular formula is C19H21NO3S. The van der Waals surface area contributed by atoms with Gasteiger partial charge in [-0.2, -0.15) is 0 Å². The molecule has 0 aliphatic carbocycles. The quantitative estimate of drug-likeness (QED) is 0.605. The number of thioether (sulfide) groups is 1. The van der Waals surface area contributed by atoms with E-state index in [1.165, 1.54) is 6.08 Å². The Hall–Kier alpha value is -1.85. The zero-order valence-electron chi connectivity index (χ0n) is 13.9. The molecule has 2 aromatic rings. The summed E-state index contributed by atoms with van der Waals surface area (Å²) < 4.78 is 10.7. The molecule has 2 heterocycles. The predicted octanol–water partition coefficient (Wildman–Crippen LogP) is 4.08. The first-order chi connectivity index (χ1) is 11.7. The molecule has 4 nitrogen and oxygen atoms in total. The lowest BCUT2D eigenvalue weighted by Crippen LogP contribution is -2.13. The number of carbonyl (C=O) groups is 1. The molecule has 2 atom stereocenters. The molecule has 3 rings (SSSR count). The zero-order valence-corrected chi connectivity index (χ0v) is 14.7. The first-order valence-electron chi connectivity index (χ1n) is 8.20. The van der Waals surface area contributed by atoms with Gasteiger partial charge in [0.2, 0.25) is 0 Å². The lowest BCUT2D eigenvalue weighted by atomic mass is 10.1. The molecule has 0 N–H and O–H groups in total. The van der Waals surface area contributed by atoms with Crippen LogP contribution in [0.25, 0.3) is 17.0 Å². The number of esters is 1. The Labute approximate surface area is 146 Å². The average Bonchev–Trinajstić information content (AvgIpc) is 2.99. The number of carbonyl (C=O) groups excluding carboxylic acids is 1. The molecule has 1 aliphatic heterocycles. The number of ether oxygens (including phenoxy) is 2. The summed E-state index contributed by atoms with van der Waals surface area (Å²) in [6, 6.07) is 8.08. The van der Waals surface area contributed by atoms with Crippen LogP contribution >= 0.6 is 11.8 Å². The Balaban J connectivity index is 1.97. The number of hydrogen-bond acceptors (Lipinski definition) is 5. The second kappa shape index (κ2) is 7.81. The third-order valence-electron chi connectivity index (χ3n) is 4.02. The van der Waals surface area contributed by atoms with E-state index >= 15 is 0 Å². The van der Waals surface area contributed by atoms with Gasteiger partial charge in [0.15, 0.2) is 0 Å². The summed E-state index contributed by atoms with van der Waals surface area (Å²) in [7, 11) is 0. The monoisotopic (exact) mass is 343 g/mol. The molecule has 0 spiro atoms. The van der Waals surface area contributed by atoms with Gasteiger partial charge in [-0.25, -0.2) is 4.79 Å². The molecule has 1 saturated heterocycles. The third-order valence-corrected chi connectivity index (χ3v) is 5.63. The maximum atomic E-state index is 11.6. The summed E-state index contributed by atoms with van der Waals surface area (Å²) in [5.41, 5.74) is 1.89. The van der Waals surface area contributed by atoms with E-state index in [2.05, 4.69) is 18.0 Å². The predicted molar refractivity (Wildman–Crippen MR) is 97.1 cm³/mol. The standard InChI is InChI=1S/C19H21NO3S/c1-3-22-18(21)9-8-14-12-20-16-7-5-4-6-15(16)19(14)24-17-10-11-23-13(17)2/h4-9,12-13,17H,3,10-11H2,1-2H3/b9-8+. The van der Waals surface area contributed by atoms with Crippen LogP contribution in [-0.2, 0) is 14.3 Å². The van der Waals surface area contributed by atoms with Gasteiger partial charge >= 0.3 is 5.97 Å². The number of para-hydroxylation sites is 1. The van der Waals surface area contributed by atoms with Gasteiger partial charge in [0.1, 0.15) is 0 Å². The minimum atomic E-state index is -0.334. The Morgan fingerprint density at radius 2 is 2.29 bits per heavy atom. The van der Waals surface area contributed by atoms with Crippen LogP contribution in [-0.4, -0.2) is 35.5 Å². The molecule has 1 fully saturated rings. The van der Waals surface area contributed by atoms with Crippen LogP contribution in [0.15, 0.2) is 41.4 Å². The minimum Gasteiger partial charge on any atom is -0.463 e. The second-order valence-corrected chi connectivity index (χ2v) is 6.92. The van der Waals surface area contributed by atoms with Gasteiger partial charge in [-0.05, 0) is 32.4 Å². The number of pyridine rings is 1. The Morgan fingerprint density at radius 1 is 1.46 bits per heavy atom. The fourth-order valence-electron chi connectivity index (χ4n) is 2.75. The van der Waals surface area contributed by atoms with Gasteiger partial charge in [-0.15, -0.1) is 11.8 Å². The molecule has 0 saturated carbocycles. The molecule has 2 unspecified atom stereocenters. The van der Waals surface area contributed by atoms with E-state index in [0.29, 0.717) is 11.9 Å². The van der Waals surface area contributed by atoms with Crippen molar-refractivity contribution in [2.75, 3.05) is 13.2 Å². The number of fused-ring (bicyclic) bond motifs is 1. The van der Waals surface area contributed by atoms with Crippen molar-refractivity contribution in [2.24, 2.45) is 0 Å². The van der Waals surface area contributed by atoms with Gasteiger partial charge in [-0.3, -0.25) is 4.98 Å². The largest absolute Gasteiger partial charge is 0.463 e. The number of rotatable bonds is 5. The van der Waals surface area contributed by atoms with Crippen LogP contribution in [0.5, 0.6) is 0 Å². The topological polar surface area (TPSA) is 48.4 Å². The SMILES string of the molecule is CCOC(=O)/C=C/c1cnc2ccccc2c1SC1CCOC1C. The van der Waals surface area contributed by atoms with Gasteiger partial charge in [-0.1, -0.05) is 18.2 Å². The Bertz CT molecular complexity index is 759. The summed E-state index contributed by atoms with van der Waals surface area (Å²) in [4.78, 5) is 17.3. The first kappa shape index (κ1) is 17.0. The fraction of sp³-hybridized carbons (Fsp3) is 0.368. The maximum absolute atomic E-state index is 11.6. The highest BCUT2D eigenvalue weighted by Crippen LogP contribution is 2.38. The lowest BCUT2D eigenvalue weighted by Gasteiger charge is -2.16. The van der Waals surface area contributed by atoms with Crippen molar-refractivity contribution < 1.29 is 14.3 Å². The van der Waals surface area contributed by atoms with Gasteiger partial charge in [0, 0.05) is 40.0 Å². The molecule has 0 bridgehead atoms. The van der Waals surface area contributed by atoms with Crippen molar-refractivity contribution in [1.29, 1.82) is 0 Å². The smallest absolute Gasteiger partial charge is 0.330 e. The number of aromatic nitrogens is 1. The molecule has 1 aromatic carbocycles. The van der Waals surface area contributed by atoms with E-state index in [-0.39, 0.29) is 12.1 Å². The Kier molecular flexibility index (Phi) is 5.53. The van der Waals surface area contributed by atoms with Crippen LogP contribution in [0.4, 0.5) is 0 Å². The van der Waals surface area contributed by atoms with Crippen LogP contribution in [0.2, 0.25) is 0 Å². The van der Waals surface area contributed by atoms with Crippen molar-refractivity contribution in [2.45, 2.75) is 36.5 Å². The summed E-state index contributed by atoms with van der Waals surface area (Å²) in [5, 5.41) is 1.51. The maximum Gasteiger partial charge on any atom is 0.330 e. The summed E-state index contributed by atoms with van der Waals surface area (Å²) in [6.45, 7) is 5.09. The first-order valence-corrected chi connectivity index (χ1v) is 9.08. The highest BCUT2D eigenvalue weighted by molar-refractivity contribution is 8.00. The highest BCUT2D eigenvalue weighted by atomic mass is 32.2. The molecule has 0 radical (unpaired) electrons. The average molecular weight is 343 g/mol. The summed E-state index contributed by atoms with van der Waals surface area (Å²) in [6.07, 6.45) is 6.34. The van der Waals surface area contributed by atoms with E-state index in [1.54, 1.807) is 13.0 Å². The molecule has 1 aliphatic rings. The number of nitrogens with zero attached hydrogens (tertiary/aromatic N) is 1. The van der Waals surface area contributed by atoms with Crippen LogP contribution in [0.3, 0.4) is 0 Å². The molecule has 5 heteroatoms. The van der Waals surface area contributed by atoms with E-state index < -0.39 is 0 Å². The summed E-state index contributed by atoms with van der Waals surface area (Å²) in [5.74, 6) is -0.334. The normalized spacial score (nSPS) is 20.8. The number of benzene rings is 1. The molecule has 1 aromatic heterocycles. The molecular weight excluding hydrogens is 322 g/mol. The van der Waals surface area contributed by atoms with Crippen molar-refractivity contribution in [1.82, 2.24) is 4.98 Å². The van der Waals surface area contributed by atoms with E-state index in [9.17, 15) is 4.79 Å². The van der Waals surface area contributed by atoms with E-state index in [4.69, 9.17) is 9.47 Å². The van der Waals surface area contributed by atoms with Gasteiger partial charge < -0.3 is 9.47 Å². The minimum absolute atomic E-state index is 0.226. The van der Waals surface area contributed by atoms with Gasteiger partial charge in [0.25, 0.3) is 0 Å². The van der Waals surface area contributed by atoms with E-state index in [1.807, 2.05) is 36.2 Å². The van der Waals surface area contributed by atoms with Crippen molar-refractivity contribution >= 4 is 34.7 Å². The van der Waals surface area contributed by atoms with Crippen molar-refractivity contribution in [3.8, 4) is 0 Å². The Morgan fingerprint density at radius 3 is 3.04 bits per heavy atom. The van der Waals surface area contributed by atoms with Crippen LogP contribution in [0.1, 0.15) is 25.8 Å². The van der Waals surface area contributed by atoms with E-state index in [0.717, 1.165) is 34.4 Å². The molecule has 126 valence electrons. The second-order valence-electron chi connectivity index (χ2n) is 5.67. The lowest BCUT2D eigenvalue weighted by molar-refractivity contribution is -0.137. The van der Waals surface area contributed by atoms with Crippen LogP contribution < -0.4 is 0 Å². The molecule has 0 amide bonds. The third kappa shape index (κ3) is 3.79. The van der Waals surface area contributed by atoms with Crippen molar-refractivity contribution in [3.63, 3.8) is 0 Å². The van der Waals surface area contributed by atoms with Crippen LogP contribution in [0, 0.1) is 0 Å². The van der Waals surface area contributed by atoms with Crippen molar-refractivity contribution in [3.05, 3.63) is 42.1 Å². The fourth-order valence-corrected chi connectivity index (χ4v) is 4.09.